The molecule has 1 atom stereocenters. The summed E-state index contributed by atoms with van der Waals surface area (Å²) < 4.78 is 0. The van der Waals surface area contributed by atoms with Crippen molar-refractivity contribution in [2.75, 3.05) is 6.26 Å². The minimum absolute atomic E-state index is 0.676. The second-order valence-electron chi connectivity index (χ2n) is 2.19. The third kappa shape index (κ3) is 1.16. The molecule has 2 heteroatoms. The van der Waals surface area contributed by atoms with Gasteiger partial charge in [0.05, 0.1) is 0 Å². The molecule has 0 N–H and O–H groups in total. The van der Waals surface area contributed by atoms with E-state index in [0.29, 0.717) is 5.25 Å². The molecule has 1 fully saturated rings. The molecular weight excluding hydrogens is 115 g/mol. The SMILES string of the molecule is [B]=C1CCC[C@H]1SC. The van der Waals surface area contributed by atoms with E-state index in [1.165, 1.54) is 18.3 Å². The van der Waals surface area contributed by atoms with Gasteiger partial charge in [0.1, 0.15) is 0 Å². The Morgan fingerprint density at radius 3 is 2.75 bits per heavy atom. The van der Waals surface area contributed by atoms with E-state index in [1.807, 2.05) is 11.8 Å². The van der Waals surface area contributed by atoms with E-state index in [2.05, 4.69) is 6.26 Å². The number of rotatable bonds is 1. The summed E-state index contributed by atoms with van der Waals surface area (Å²) in [6.45, 7) is 0. The first-order valence-electron chi connectivity index (χ1n) is 2.98. The van der Waals surface area contributed by atoms with E-state index in [9.17, 15) is 0 Å². The Morgan fingerprint density at radius 1 is 1.75 bits per heavy atom. The molecule has 0 aromatic rings. The van der Waals surface area contributed by atoms with Crippen LogP contribution in [0.4, 0.5) is 0 Å². The van der Waals surface area contributed by atoms with Gasteiger partial charge in [-0.15, -0.1) is 0 Å². The molecular formula is C6H10BS. The van der Waals surface area contributed by atoms with Crippen molar-refractivity contribution < 1.29 is 0 Å². The molecule has 0 aromatic heterocycles. The number of hydrogen-bond acceptors (Lipinski definition) is 1. The summed E-state index contributed by atoms with van der Waals surface area (Å²) >= 11 is 1.88. The molecule has 0 heterocycles. The molecule has 1 aliphatic carbocycles. The number of hydrogen-bond donors (Lipinski definition) is 0. The molecule has 1 radical (unpaired) electrons. The van der Waals surface area contributed by atoms with Crippen LogP contribution in [0.5, 0.6) is 0 Å². The van der Waals surface area contributed by atoms with Gasteiger partial charge in [-0.25, -0.2) is 0 Å². The first kappa shape index (κ1) is 6.41. The van der Waals surface area contributed by atoms with Crippen molar-refractivity contribution in [2.45, 2.75) is 24.5 Å². The van der Waals surface area contributed by atoms with Crippen molar-refractivity contribution in [3.63, 3.8) is 0 Å². The van der Waals surface area contributed by atoms with Crippen molar-refractivity contribution in [3.05, 3.63) is 0 Å². The topological polar surface area (TPSA) is 0 Å². The van der Waals surface area contributed by atoms with Gasteiger partial charge >= 0.3 is 55.5 Å². The Bertz CT molecular complexity index is 101. The minimum atomic E-state index is 0.676. The van der Waals surface area contributed by atoms with Crippen LogP contribution in [0.25, 0.3) is 0 Å². The Balaban J connectivity index is 2.42. The fraction of sp³-hybridized carbons (Fsp3) is 0.833. The van der Waals surface area contributed by atoms with Crippen LogP contribution in [0.2, 0.25) is 0 Å². The predicted molar refractivity (Wildman–Crippen MR) is 41.9 cm³/mol. The summed E-state index contributed by atoms with van der Waals surface area (Å²) in [5, 5.41) is 0.676. The van der Waals surface area contributed by atoms with E-state index in [-0.39, 0.29) is 0 Å². The predicted octanol–water partition coefficient (Wildman–Crippen LogP) is 1.24. The van der Waals surface area contributed by atoms with E-state index in [4.69, 9.17) is 7.49 Å². The molecule has 0 saturated heterocycles. The van der Waals surface area contributed by atoms with Gasteiger partial charge in [0.25, 0.3) is 0 Å². The summed E-state index contributed by atoms with van der Waals surface area (Å²) in [5.74, 6) is 0. The zero-order valence-corrected chi connectivity index (χ0v) is 6.00. The Kier molecular flexibility index (Phi) is 2.18. The van der Waals surface area contributed by atoms with E-state index < -0.39 is 0 Å². The summed E-state index contributed by atoms with van der Waals surface area (Å²) in [6, 6.07) is 0. The fourth-order valence-corrected chi connectivity index (χ4v) is 1.93. The molecule has 1 saturated carbocycles. The average Bonchev–Trinajstić information content (AvgIpc) is 2.14. The van der Waals surface area contributed by atoms with E-state index in [1.54, 1.807) is 0 Å². The summed E-state index contributed by atoms with van der Waals surface area (Å²) in [6.07, 6.45) is 5.89. The van der Waals surface area contributed by atoms with Gasteiger partial charge in [-0.3, -0.25) is 0 Å². The Hall–Kier alpha value is 0.285. The van der Waals surface area contributed by atoms with Crippen LogP contribution >= 0.6 is 11.8 Å². The fourth-order valence-electron chi connectivity index (χ4n) is 1.11. The molecule has 0 spiro atoms. The Labute approximate surface area is 56.1 Å². The monoisotopic (exact) mass is 125 g/mol. The van der Waals surface area contributed by atoms with Gasteiger partial charge < -0.3 is 0 Å². The molecule has 0 nitrogen and oxygen atoms in total. The van der Waals surface area contributed by atoms with E-state index in [0.717, 1.165) is 6.42 Å². The molecule has 1 aliphatic rings. The molecule has 0 bridgehead atoms. The molecule has 8 heavy (non-hydrogen) atoms. The standard InChI is InChI=1S/C6H10BS/c1-8-6-4-2-3-5(6)7/h6H,2-4H2,1H3/t6-/m1/s1. The van der Waals surface area contributed by atoms with Crippen molar-refractivity contribution in [1.29, 1.82) is 0 Å². The van der Waals surface area contributed by atoms with Gasteiger partial charge in [-0.05, 0) is 0 Å². The van der Waals surface area contributed by atoms with Crippen LogP contribution in [-0.2, 0) is 0 Å². The zero-order chi connectivity index (χ0) is 5.98. The maximum atomic E-state index is 5.69. The average molecular weight is 125 g/mol. The number of thioether (sulfide) groups is 1. The Morgan fingerprint density at radius 2 is 2.50 bits per heavy atom. The van der Waals surface area contributed by atoms with Gasteiger partial charge in [-0.1, -0.05) is 0 Å². The van der Waals surface area contributed by atoms with Crippen molar-refractivity contribution in [3.8, 4) is 0 Å². The molecule has 0 aliphatic heterocycles. The van der Waals surface area contributed by atoms with Gasteiger partial charge in [-0.2, -0.15) is 0 Å². The van der Waals surface area contributed by atoms with Crippen molar-refractivity contribution in [1.82, 2.24) is 0 Å². The van der Waals surface area contributed by atoms with E-state index >= 15 is 0 Å². The molecule has 43 valence electrons. The van der Waals surface area contributed by atoms with Crippen LogP contribution < -0.4 is 0 Å². The summed E-state index contributed by atoms with van der Waals surface area (Å²) in [4.78, 5) is 0. The van der Waals surface area contributed by atoms with Crippen LogP contribution in [0.1, 0.15) is 19.3 Å². The van der Waals surface area contributed by atoms with Crippen molar-refractivity contribution in [2.24, 2.45) is 0 Å². The maximum absolute atomic E-state index is 5.69. The first-order valence-corrected chi connectivity index (χ1v) is 4.27. The van der Waals surface area contributed by atoms with Gasteiger partial charge in [0.2, 0.25) is 0 Å². The first-order chi connectivity index (χ1) is 3.84. The molecule has 0 amide bonds. The van der Waals surface area contributed by atoms with Crippen LogP contribution in [0.3, 0.4) is 0 Å². The normalized spacial score (nSPS) is 29.0. The second-order valence-corrected chi connectivity index (χ2v) is 3.23. The molecule has 0 aromatic carbocycles. The quantitative estimate of drug-likeness (QED) is 0.475. The third-order valence-corrected chi connectivity index (χ3v) is 2.74. The summed E-state index contributed by atoms with van der Waals surface area (Å²) in [5.41, 5.74) is 1.21. The van der Waals surface area contributed by atoms with Crippen molar-refractivity contribution >= 4 is 24.7 Å². The van der Waals surface area contributed by atoms with Gasteiger partial charge in [0.15, 0.2) is 0 Å². The molecule has 0 unspecified atom stereocenters. The van der Waals surface area contributed by atoms with Crippen LogP contribution in [0, 0.1) is 0 Å². The second kappa shape index (κ2) is 2.72. The van der Waals surface area contributed by atoms with Crippen LogP contribution in [-0.4, -0.2) is 24.5 Å². The van der Waals surface area contributed by atoms with Crippen LogP contribution in [0.15, 0.2) is 0 Å². The summed E-state index contributed by atoms with van der Waals surface area (Å²) in [7, 11) is 5.69. The zero-order valence-electron chi connectivity index (χ0n) is 5.18. The van der Waals surface area contributed by atoms with Gasteiger partial charge in [0, 0.05) is 0 Å². The molecule has 1 rings (SSSR count). The third-order valence-electron chi connectivity index (χ3n) is 1.63.